The zero-order valence-corrected chi connectivity index (χ0v) is 10.8. The number of carboxylic acids is 1. The average molecular weight is 260 g/mol. The number of nitrogens with zero attached hydrogens (tertiary/aromatic N) is 4. The number of carboxylic acid groups (broad SMARTS) is 1. The van der Waals surface area contributed by atoms with Crippen LogP contribution in [0.15, 0.2) is 12.3 Å². The Morgan fingerprint density at radius 2 is 2.47 bits per heavy atom. The van der Waals surface area contributed by atoms with Crippen molar-refractivity contribution in [3.63, 3.8) is 0 Å². The molecular formula is C13H16N4O2. The van der Waals surface area contributed by atoms with Crippen LogP contribution in [0.25, 0.3) is 0 Å². The lowest BCUT2D eigenvalue weighted by molar-refractivity contribution is -0.149. The van der Waals surface area contributed by atoms with Crippen molar-refractivity contribution in [1.29, 1.82) is 5.26 Å². The van der Waals surface area contributed by atoms with Crippen LogP contribution in [-0.2, 0) is 4.79 Å². The molecule has 1 N–H and O–H groups in total. The van der Waals surface area contributed by atoms with Crippen molar-refractivity contribution >= 4 is 11.8 Å². The third-order valence-corrected chi connectivity index (χ3v) is 3.83. The second-order valence-electron chi connectivity index (χ2n) is 4.84. The summed E-state index contributed by atoms with van der Waals surface area (Å²) in [6.07, 6.45) is 3.48. The molecule has 19 heavy (non-hydrogen) atoms. The number of carbonyl (C=O) groups is 1. The molecule has 6 heteroatoms. The van der Waals surface area contributed by atoms with E-state index in [1.807, 2.05) is 11.8 Å². The van der Waals surface area contributed by atoms with E-state index in [4.69, 9.17) is 5.26 Å². The molecule has 0 radical (unpaired) electrons. The van der Waals surface area contributed by atoms with Crippen molar-refractivity contribution < 1.29 is 9.90 Å². The Morgan fingerprint density at radius 3 is 3.11 bits per heavy atom. The molecule has 0 saturated carbocycles. The van der Waals surface area contributed by atoms with E-state index in [0.717, 1.165) is 6.42 Å². The number of nitriles is 1. The Bertz CT molecular complexity index is 526. The fourth-order valence-electron chi connectivity index (χ4n) is 2.57. The van der Waals surface area contributed by atoms with E-state index in [-0.39, 0.29) is 0 Å². The molecule has 1 fully saturated rings. The number of hydrogen-bond acceptors (Lipinski definition) is 5. The van der Waals surface area contributed by atoms with Crippen LogP contribution in [0.1, 0.15) is 31.7 Å². The predicted molar refractivity (Wildman–Crippen MR) is 68.6 cm³/mol. The molecule has 6 nitrogen and oxygen atoms in total. The topological polar surface area (TPSA) is 90.1 Å². The number of anilines is 1. The van der Waals surface area contributed by atoms with Gasteiger partial charge in [0.25, 0.3) is 0 Å². The molecule has 0 spiro atoms. The zero-order valence-electron chi connectivity index (χ0n) is 10.8. The maximum absolute atomic E-state index is 11.5. The van der Waals surface area contributed by atoms with Crippen LogP contribution in [0.2, 0.25) is 0 Å². The van der Waals surface area contributed by atoms with Gasteiger partial charge in [0.2, 0.25) is 0 Å². The Balaban J connectivity index is 2.32. The van der Waals surface area contributed by atoms with Gasteiger partial charge in [0.15, 0.2) is 5.82 Å². The summed E-state index contributed by atoms with van der Waals surface area (Å²) in [5, 5.41) is 26.3. The average Bonchev–Trinajstić information content (AvgIpc) is 2.47. The third-order valence-electron chi connectivity index (χ3n) is 3.83. The zero-order chi connectivity index (χ0) is 13.9. The van der Waals surface area contributed by atoms with E-state index in [0.29, 0.717) is 37.3 Å². The number of hydrogen-bond donors (Lipinski definition) is 1. The van der Waals surface area contributed by atoms with Gasteiger partial charge in [-0.3, -0.25) is 4.79 Å². The normalized spacial score (nSPS) is 22.8. The van der Waals surface area contributed by atoms with Gasteiger partial charge in [0.05, 0.1) is 17.2 Å². The molecule has 1 unspecified atom stereocenters. The van der Waals surface area contributed by atoms with Crippen LogP contribution in [0.4, 0.5) is 5.82 Å². The van der Waals surface area contributed by atoms with E-state index >= 15 is 0 Å². The summed E-state index contributed by atoms with van der Waals surface area (Å²) in [6, 6.07) is 3.68. The first-order valence-corrected chi connectivity index (χ1v) is 6.33. The SMILES string of the molecule is CCC1(C(=O)O)CCCN(c2nnccc2C#N)C1. The highest BCUT2D eigenvalue weighted by Gasteiger charge is 2.41. The smallest absolute Gasteiger partial charge is 0.311 e. The fourth-order valence-corrected chi connectivity index (χ4v) is 2.57. The van der Waals surface area contributed by atoms with E-state index in [1.54, 1.807) is 6.07 Å². The molecule has 1 atom stereocenters. The lowest BCUT2D eigenvalue weighted by Crippen LogP contribution is -2.48. The largest absolute Gasteiger partial charge is 0.481 e. The Labute approximate surface area is 111 Å². The van der Waals surface area contributed by atoms with Crippen molar-refractivity contribution in [2.24, 2.45) is 5.41 Å². The van der Waals surface area contributed by atoms with E-state index in [1.165, 1.54) is 6.20 Å². The minimum Gasteiger partial charge on any atom is -0.481 e. The van der Waals surface area contributed by atoms with Crippen LogP contribution >= 0.6 is 0 Å². The second-order valence-corrected chi connectivity index (χ2v) is 4.84. The molecule has 1 saturated heterocycles. The molecule has 100 valence electrons. The minimum atomic E-state index is -0.776. The first-order chi connectivity index (χ1) is 9.13. The summed E-state index contributed by atoms with van der Waals surface area (Å²) in [5.74, 6) is -0.286. The van der Waals surface area contributed by atoms with Gasteiger partial charge in [-0.15, -0.1) is 5.10 Å². The highest BCUT2D eigenvalue weighted by Crippen LogP contribution is 2.35. The Morgan fingerprint density at radius 1 is 1.68 bits per heavy atom. The van der Waals surface area contributed by atoms with Crippen molar-refractivity contribution in [3.8, 4) is 6.07 Å². The van der Waals surface area contributed by atoms with Crippen LogP contribution < -0.4 is 4.90 Å². The molecule has 1 aromatic heterocycles. The van der Waals surface area contributed by atoms with E-state index in [2.05, 4.69) is 16.3 Å². The van der Waals surface area contributed by atoms with Crippen LogP contribution in [0, 0.1) is 16.7 Å². The molecule has 0 aliphatic carbocycles. The summed E-state index contributed by atoms with van der Waals surface area (Å²) in [7, 11) is 0. The fraction of sp³-hybridized carbons (Fsp3) is 0.538. The lowest BCUT2D eigenvalue weighted by Gasteiger charge is -2.39. The maximum Gasteiger partial charge on any atom is 0.311 e. The molecule has 0 bridgehead atoms. The van der Waals surface area contributed by atoms with Gasteiger partial charge in [-0.25, -0.2) is 0 Å². The molecule has 1 aromatic rings. The van der Waals surface area contributed by atoms with Gasteiger partial charge in [0, 0.05) is 13.1 Å². The van der Waals surface area contributed by atoms with Crippen molar-refractivity contribution in [3.05, 3.63) is 17.8 Å². The molecule has 2 rings (SSSR count). The molecule has 1 aliphatic rings. The summed E-state index contributed by atoms with van der Waals surface area (Å²) in [5.41, 5.74) is -0.310. The van der Waals surface area contributed by atoms with Crippen LogP contribution in [0.3, 0.4) is 0 Å². The first kappa shape index (κ1) is 13.3. The molecule has 2 heterocycles. The van der Waals surface area contributed by atoms with Gasteiger partial charge in [-0.05, 0) is 25.3 Å². The third kappa shape index (κ3) is 2.36. The second kappa shape index (κ2) is 5.22. The summed E-state index contributed by atoms with van der Waals surface area (Å²) in [6.45, 7) is 2.98. The first-order valence-electron chi connectivity index (χ1n) is 6.33. The van der Waals surface area contributed by atoms with Gasteiger partial charge >= 0.3 is 5.97 Å². The van der Waals surface area contributed by atoms with E-state index < -0.39 is 11.4 Å². The quantitative estimate of drug-likeness (QED) is 0.884. The van der Waals surface area contributed by atoms with Crippen molar-refractivity contribution in [1.82, 2.24) is 10.2 Å². The number of aliphatic carboxylic acids is 1. The predicted octanol–water partition coefficient (Wildman–Crippen LogP) is 1.43. The molecule has 1 aliphatic heterocycles. The summed E-state index contributed by atoms with van der Waals surface area (Å²) >= 11 is 0. The Kier molecular flexibility index (Phi) is 3.65. The minimum absolute atomic E-state index is 0.381. The van der Waals surface area contributed by atoms with E-state index in [9.17, 15) is 9.90 Å². The maximum atomic E-state index is 11.5. The summed E-state index contributed by atoms with van der Waals surface area (Å²) in [4.78, 5) is 13.4. The van der Waals surface area contributed by atoms with Crippen molar-refractivity contribution in [2.75, 3.05) is 18.0 Å². The van der Waals surface area contributed by atoms with Crippen LogP contribution in [0.5, 0.6) is 0 Å². The monoisotopic (exact) mass is 260 g/mol. The van der Waals surface area contributed by atoms with Crippen LogP contribution in [-0.4, -0.2) is 34.4 Å². The van der Waals surface area contributed by atoms with Gasteiger partial charge in [-0.1, -0.05) is 6.92 Å². The molecule has 0 aromatic carbocycles. The van der Waals surface area contributed by atoms with Gasteiger partial charge in [-0.2, -0.15) is 10.4 Å². The van der Waals surface area contributed by atoms with Crippen molar-refractivity contribution in [2.45, 2.75) is 26.2 Å². The molecular weight excluding hydrogens is 244 g/mol. The highest BCUT2D eigenvalue weighted by molar-refractivity contribution is 5.76. The number of aromatic nitrogens is 2. The number of piperidine rings is 1. The van der Waals surface area contributed by atoms with Gasteiger partial charge in [0.1, 0.15) is 6.07 Å². The highest BCUT2D eigenvalue weighted by atomic mass is 16.4. The molecule has 0 amide bonds. The van der Waals surface area contributed by atoms with Gasteiger partial charge < -0.3 is 10.0 Å². The Hall–Kier alpha value is -2.16. The standard InChI is InChI=1S/C13H16N4O2/c1-2-13(12(18)19)5-3-7-17(9-13)11-10(8-14)4-6-15-16-11/h4,6H,2-3,5,7,9H2,1H3,(H,18,19). The number of rotatable bonds is 3. The lowest BCUT2D eigenvalue weighted by atomic mass is 9.77. The summed E-state index contributed by atoms with van der Waals surface area (Å²) < 4.78 is 0.